The first-order valence-electron chi connectivity index (χ1n) is 12.0. The smallest absolute Gasteiger partial charge is 0.252 e. The van der Waals surface area contributed by atoms with Crippen LogP contribution in [0.2, 0.25) is 0 Å². The summed E-state index contributed by atoms with van der Waals surface area (Å²) in [6.45, 7) is 8.39. The van der Waals surface area contributed by atoms with Crippen LogP contribution in [0, 0.1) is 5.92 Å². The number of piperazine rings is 1. The zero-order valence-corrected chi connectivity index (χ0v) is 18.4. The van der Waals surface area contributed by atoms with Crippen molar-refractivity contribution in [2.24, 2.45) is 5.92 Å². The number of carbonyl (C=O) groups is 2. The molecule has 7 atom stereocenters. The standard InChI is InChI=1S/C22H37N5O3/c1-14-13-26(21(29)20-4-3-11-30-20)19-12-16(5-6-18(19)27(14)15(2)28)17-7-9-25-10-8-23-22(25)24-17/h14,16-20,22-24H,3-13H2,1-2H3/t14-,16?,17?,18?,19?,20?,22?/m0/s1. The molecule has 5 fully saturated rings. The van der Waals surface area contributed by atoms with E-state index in [2.05, 4.69) is 32.3 Å². The average Bonchev–Trinajstić information content (AvgIpc) is 3.43. The van der Waals surface area contributed by atoms with Crippen molar-refractivity contribution in [1.29, 1.82) is 0 Å². The van der Waals surface area contributed by atoms with Crippen LogP contribution < -0.4 is 10.6 Å². The summed E-state index contributed by atoms with van der Waals surface area (Å²) in [6.07, 6.45) is 6.04. The van der Waals surface area contributed by atoms with Crippen LogP contribution >= 0.6 is 0 Å². The Balaban J connectivity index is 1.34. The molecule has 5 aliphatic rings. The van der Waals surface area contributed by atoms with E-state index in [0.717, 1.165) is 58.2 Å². The lowest BCUT2D eigenvalue weighted by Crippen LogP contribution is -2.69. The predicted octanol–water partition coefficient (Wildman–Crippen LogP) is 0.333. The third-order valence-electron chi connectivity index (χ3n) is 8.14. The maximum Gasteiger partial charge on any atom is 0.252 e. The monoisotopic (exact) mass is 419 g/mol. The molecule has 0 radical (unpaired) electrons. The molecule has 2 N–H and O–H groups in total. The number of rotatable bonds is 2. The van der Waals surface area contributed by atoms with Crippen molar-refractivity contribution in [2.45, 2.75) is 88.9 Å². The van der Waals surface area contributed by atoms with Gasteiger partial charge in [0.1, 0.15) is 12.4 Å². The van der Waals surface area contributed by atoms with Crippen LogP contribution in [0.4, 0.5) is 0 Å². The quantitative estimate of drug-likeness (QED) is 0.672. The second-order valence-corrected chi connectivity index (χ2v) is 9.93. The molecule has 4 heterocycles. The van der Waals surface area contributed by atoms with E-state index in [1.165, 1.54) is 0 Å². The lowest BCUT2D eigenvalue weighted by atomic mass is 9.74. The summed E-state index contributed by atoms with van der Waals surface area (Å²) in [5.41, 5.74) is 0. The molecule has 4 aliphatic heterocycles. The van der Waals surface area contributed by atoms with Crippen LogP contribution in [0.1, 0.15) is 52.4 Å². The first-order valence-corrected chi connectivity index (χ1v) is 12.0. The third-order valence-corrected chi connectivity index (χ3v) is 8.14. The van der Waals surface area contributed by atoms with Crippen LogP contribution in [0.5, 0.6) is 0 Å². The summed E-state index contributed by atoms with van der Waals surface area (Å²) >= 11 is 0. The molecule has 0 aromatic carbocycles. The van der Waals surface area contributed by atoms with Crippen molar-refractivity contribution in [3.63, 3.8) is 0 Å². The highest BCUT2D eigenvalue weighted by Crippen LogP contribution is 2.39. The summed E-state index contributed by atoms with van der Waals surface area (Å²) in [5, 5.41) is 7.39. The Morgan fingerprint density at radius 1 is 1.07 bits per heavy atom. The zero-order valence-electron chi connectivity index (χ0n) is 18.4. The maximum absolute atomic E-state index is 13.4. The molecule has 1 aliphatic carbocycles. The van der Waals surface area contributed by atoms with E-state index < -0.39 is 0 Å². The molecule has 5 rings (SSSR count). The van der Waals surface area contributed by atoms with Crippen LogP contribution in [0.3, 0.4) is 0 Å². The van der Waals surface area contributed by atoms with Gasteiger partial charge in [-0.3, -0.25) is 25.1 Å². The highest BCUT2D eigenvalue weighted by atomic mass is 16.5. The Kier molecular flexibility index (Phi) is 5.77. The van der Waals surface area contributed by atoms with Crippen LogP contribution in [-0.4, -0.2) is 95.9 Å². The lowest BCUT2D eigenvalue weighted by molar-refractivity contribution is -0.160. The average molecular weight is 420 g/mol. The molecule has 2 amide bonds. The number of hydrogen-bond acceptors (Lipinski definition) is 6. The Bertz CT molecular complexity index is 669. The van der Waals surface area contributed by atoms with Gasteiger partial charge in [0.05, 0.1) is 12.1 Å². The maximum atomic E-state index is 13.4. The third kappa shape index (κ3) is 3.66. The van der Waals surface area contributed by atoms with Crippen molar-refractivity contribution in [1.82, 2.24) is 25.3 Å². The summed E-state index contributed by atoms with van der Waals surface area (Å²) in [7, 11) is 0. The van der Waals surface area contributed by atoms with Gasteiger partial charge in [0, 0.05) is 51.8 Å². The largest absolute Gasteiger partial charge is 0.368 e. The van der Waals surface area contributed by atoms with E-state index >= 15 is 0 Å². The Morgan fingerprint density at radius 2 is 1.93 bits per heavy atom. The fraction of sp³-hybridized carbons (Fsp3) is 0.909. The molecule has 4 saturated heterocycles. The van der Waals surface area contributed by atoms with Crippen molar-refractivity contribution in [3.8, 4) is 0 Å². The van der Waals surface area contributed by atoms with Gasteiger partial charge in [-0.05, 0) is 51.4 Å². The molecular formula is C22H37N5O3. The molecule has 6 unspecified atom stereocenters. The molecule has 0 bridgehead atoms. The van der Waals surface area contributed by atoms with E-state index in [9.17, 15) is 9.59 Å². The van der Waals surface area contributed by atoms with E-state index in [4.69, 9.17) is 4.74 Å². The van der Waals surface area contributed by atoms with Crippen molar-refractivity contribution >= 4 is 11.8 Å². The van der Waals surface area contributed by atoms with Crippen LogP contribution in [-0.2, 0) is 14.3 Å². The molecule has 30 heavy (non-hydrogen) atoms. The van der Waals surface area contributed by atoms with Crippen molar-refractivity contribution in [3.05, 3.63) is 0 Å². The number of nitrogens with zero attached hydrogens (tertiary/aromatic N) is 3. The van der Waals surface area contributed by atoms with Gasteiger partial charge in [-0.1, -0.05) is 0 Å². The molecule has 0 spiro atoms. The van der Waals surface area contributed by atoms with Gasteiger partial charge >= 0.3 is 0 Å². The molecular weight excluding hydrogens is 382 g/mol. The van der Waals surface area contributed by atoms with Crippen LogP contribution in [0.15, 0.2) is 0 Å². The van der Waals surface area contributed by atoms with Crippen molar-refractivity contribution < 1.29 is 14.3 Å². The normalized spacial score (nSPS) is 42.1. The van der Waals surface area contributed by atoms with E-state index in [1.54, 1.807) is 6.92 Å². The van der Waals surface area contributed by atoms with Gasteiger partial charge in [-0.25, -0.2) is 0 Å². The van der Waals surface area contributed by atoms with E-state index in [0.29, 0.717) is 31.4 Å². The topological polar surface area (TPSA) is 77.2 Å². The summed E-state index contributed by atoms with van der Waals surface area (Å²) in [6, 6.07) is 0.784. The second kappa shape index (κ2) is 8.37. The summed E-state index contributed by atoms with van der Waals surface area (Å²) in [4.78, 5) is 32.5. The highest BCUT2D eigenvalue weighted by Gasteiger charge is 2.49. The minimum atomic E-state index is -0.286. The van der Waals surface area contributed by atoms with Crippen LogP contribution in [0.25, 0.3) is 0 Å². The number of carbonyl (C=O) groups excluding carboxylic acids is 2. The fourth-order valence-corrected chi connectivity index (χ4v) is 6.75. The molecule has 0 aromatic rings. The van der Waals surface area contributed by atoms with Gasteiger partial charge in [0.15, 0.2) is 0 Å². The fourth-order valence-electron chi connectivity index (χ4n) is 6.75. The molecule has 8 nitrogen and oxygen atoms in total. The highest BCUT2D eigenvalue weighted by molar-refractivity contribution is 5.82. The number of fused-ring (bicyclic) bond motifs is 2. The van der Waals surface area contributed by atoms with Gasteiger partial charge in [0.2, 0.25) is 5.91 Å². The number of amides is 2. The Morgan fingerprint density at radius 3 is 2.70 bits per heavy atom. The Hall–Kier alpha value is -1.22. The number of ether oxygens (including phenoxy) is 1. The molecule has 8 heteroatoms. The van der Waals surface area contributed by atoms with E-state index in [-0.39, 0.29) is 36.0 Å². The predicted molar refractivity (Wildman–Crippen MR) is 112 cm³/mol. The summed E-state index contributed by atoms with van der Waals surface area (Å²) in [5.74, 6) is 0.831. The summed E-state index contributed by atoms with van der Waals surface area (Å²) < 4.78 is 5.75. The molecule has 1 saturated carbocycles. The van der Waals surface area contributed by atoms with Crippen molar-refractivity contribution in [2.75, 3.05) is 32.8 Å². The lowest BCUT2D eigenvalue weighted by Gasteiger charge is -2.55. The zero-order chi connectivity index (χ0) is 20.8. The second-order valence-electron chi connectivity index (χ2n) is 9.93. The van der Waals surface area contributed by atoms with Gasteiger partial charge < -0.3 is 14.5 Å². The van der Waals surface area contributed by atoms with Gasteiger partial charge in [-0.2, -0.15) is 0 Å². The first-order chi connectivity index (χ1) is 14.5. The van der Waals surface area contributed by atoms with Gasteiger partial charge in [0.25, 0.3) is 5.91 Å². The minimum Gasteiger partial charge on any atom is -0.368 e. The van der Waals surface area contributed by atoms with E-state index in [1.807, 2.05) is 0 Å². The Labute approximate surface area is 179 Å². The number of hydrogen-bond donors (Lipinski definition) is 2. The molecule has 168 valence electrons. The minimum absolute atomic E-state index is 0.0645. The SMILES string of the molecule is CC(=O)N1C2CCC(C3CCN4CCNC4N3)CC2N(C(=O)C2CCCO2)C[C@@H]1C. The first kappa shape index (κ1) is 20.7. The molecule has 0 aromatic heterocycles. The number of nitrogens with one attached hydrogen (secondary N) is 2. The van der Waals surface area contributed by atoms with Gasteiger partial charge in [-0.15, -0.1) is 0 Å².